The van der Waals surface area contributed by atoms with Crippen molar-refractivity contribution in [2.24, 2.45) is 0 Å². The van der Waals surface area contributed by atoms with Gasteiger partial charge < -0.3 is 15.7 Å². The van der Waals surface area contributed by atoms with E-state index >= 15 is 0 Å². The first-order chi connectivity index (χ1) is 11.8. The predicted molar refractivity (Wildman–Crippen MR) is 85.2 cm³/mol. The van der Waals surface area contributed by atoms with Gasteiger partial charge in [-0.05, 0) is 30.9 Å². The normalized spacial score (nSPS) is 20.3. The number of rotatable bonds is 6. The maximum Gasteiger partial charge on any atom is 0.416 e. The number of hydrogen-bond donors (Lipinski definition) is 3. The second-order valence-corrected chi connectivity index (χ2v) is 6.13. The minimum absolute atomic E-state index is 0.0503. The number of amides is 2. The van der Waals surface area contributed by atoms with Crippen molar-refractivity contribution in [1.82, 2.24) is 10.6 Å². The van der Waals surface area contributed by atoms with Gasteiger partial charge in [0.05, 0.1) is 5.56 Å². The van der Waals surface area contributed by atoms with Crippen LogP contribution >= 0.6 is 0 Å². The average molecular weight is 358 g/mol. The summed E-state index contributed by atoms with van der Waals surface area (Å²) in [5.41, 5.74) is -0.445. The highest BCUT2D eigenvalue weighted by atomic mass is 19.4. The molecule has 0 aromatic heterocycles. The summed E-state index contributed by atoms with van der Waals surface area (Å²) in [6.45, 7) is 0.203. The molecule has 8 heteroatoms. The van der Waals surface area contributed by atoms with Gasteiger partial charge in [0.2, 0.25) is 0 Å². The van der Waals surface area contributed by atoms with Crippen LogP contribution in [0.25, 0.3) is 0 Å². The van der Waals surface area contributed by atoms with Crippen molar-refractivity contribution in [3.8, 4) is 0 Å². The Morgan fingerprint density at radius 2 is 1.92 bits per heavy atom. The Kier molecular flexibility index (Phi) is 6.27. The molecule has 138 valence electrons. The number of alkyl halides is 3. The summed E-state index contributed by atoms with van der Waals surface area (Å²) in [6, 6.07) is 4.62. The minimum atomic E-state index is -4.43. The van der Waals surface area contributed by atoms with Gasteiger partial charge in [-0.3, -0.25) is 4.79 Å². The Morgan fingerprint density at radius 1 is 1.20 bits per heavy atom. The summed E-state index contributed by atoms with van der Waals surface area (Å²) in [6.07, 6.45) is -2.25. The molecule has 2 unspecified atom stereocenters. The molecular formula is C17H21F3N2O3. The number of carbonyl (C=O) groups excluding carboxylic acids is 1. The Labute approximate surface area is 143 Å². The molecule has 0 aliphatic heterocycles. The van der Waals surface area contributed by atoms with E-state index in [9.17, 15) is 22.8 Å². The van der Waals surface area contributed by atoms with Crippen LogP contribution in [-0.2, 0) is 11.0 Å². The van der Waals surface area contributed by atoms with Crippen LogP contribution in [0.5, 0.6) is 0 Å². The number of halogens is 3. The first-order valence-corrected chi connectivity index (χ1v) is 8.21. The quantitative estimate of drug-likeness (QED) is 0.681. The number of urea groups is 1. The summed E-state index contributed by atoms with van der Waals surface area (Å²) in [7, 11) is 0. The number of benzene rings is 1. The monoisotopic (exact) mass is 358 g/mol. The molecule has 0 heterocycles. The summed E-state index contributed by atoms with van der Waals surface area (Å²) >= 11 is 0. The Hall–Kier alpha value is -2.25. The topological polar surface area (TPSA) is 78.4 Å². The molecule has 2 amide bonds. The fraction of sp³-hybridized carbons (Fsp3) is 0.529. The summed E-state index contributed by atoms with van der Waals surface area (Å²) in [4.78, 5) is 22.3. The average Bonchev–Trinajstić information content (AvgIpc) is 2.98. The van der Waals surface area contributed by atoms with Crippen molar-refractivity contribution in [3.05, 3.63) is 35.4 Å². The zero-order chi connectivity index (χ0) is 18.4. The summed E-state index contributed by atoms with van der Waals surface area (Å²) < 4.78 is 39.6. The number of aliphatic carboxylic acids is 1. The lowest BCUT2D eigenvalue weighted by Crippen LogP contribution is -2.43. The Balaban J connectivity index is 1.99. The second kappa shape index (κ2) is 8.22. The van der Waals surface area contributed by atoms with Crippen molar-refractivity contribution < 1.29 is 27.9 Å². The maximum absolute atomic E-state index is 13.2. The summed E-state index contributed by atoms with van der Waals surface area (Å²) in [5, 5.41) is 13.8. The predicted octanol–water partition coefficient (Wildman–Crippen LogP) is 3.51. The molecule has 5 nitrogen and oxygen atoms in total. The van der Waals surface area contributed by atoms with Gasteiger partial charge in [0, 0.05) is 24.9 Å². The molecule has 0 saturated heterocycles. The SMILES string of the molecule is O=C(O)CCCNC(=O)NC1CCCC1c1ccccc1C(F)(F)F. The van der Waals surface area contributed by atoms with E-state index in [1.807, 2.05) is 0 Å². The molecule has 0 bridgehead atoms. The maximum atomic E-state index is 13.2. The van der Waals surface area contributed by atoms with Crippen molar-refractivity contribution in [1.29, 1.82) is 0 Å². The lowest BCUT2D eigenvalue weighted by Gasteiger charge is -2.24. The third-order valence-electron chi connectivity index (χ3n) is 4.35. The molecule has 0 spiro atoms. The summed E-state index contributed by atoms with van der Waals surface area (Å²) in [5.74, 6) is -1.33. The van der Waals surface area contributed by atoms with Crippen LogP contribution in [0.2, 0.25) is 0 Å². The van der Waals surface area contributed by atoms with E-state index in [0.717, 1.165) is 12.5 Å². The third kappa shape index (κ3) is 5.37. The van der Waals surface area contributed by atoms with Gasteiger partial charge in [-0.2, -0.15) is 13.2 Å². The molecule has 1 saturated carbocycles. The lowest BCUT2D eigenvalue weighted by molar-refractivity contribution is -0.138. The van der Waals surface area contributed by atoms with Crippen LogP contribution in [0, 0.1) is 0 Å². The number of carboxylic acids is 1. The molecule has 1 aliphatic carbocycles. The van der Waals surface area contributed by atoms with Gasteiger partial charge in [0.25, 0.3) is 0 Å². The van der Waals surface area contributed by atoms with Gasteiger partial charge >= 0.3 is 18.2 Å². The van der Waals surface area contributed by atoms with Crippen LogP contribution in [0.4, 0.5) is 18.0 Å². The van der Waals surface area contributed by atoms with Gasteiger partial charge in [0.15, 0.2) is 0 Å². The molecule has 25 heavy (non-hydrogen) atoms. The number of carboxylic acid groups (broad SMARTS) is 1. The van der Waals surface area contributed by atoms with E-state index in [0.29, 0.717) is 19.3 Å². The highest BCUT2D eigenvalue weighted by molar-refractivity contribution is 5.74. The molecule has 1 aliphatic rings. The first kappa shape index (κ1) is 19.1. The third-order valence-corrected chi connectivity index (χ3v) is 4.35. The van der Waals surface area contributed by atoms with Crippen molar-refractivity contribution in [2.75, 3.05) is 6.54 Å². The van der Waals surface area contributed by atoms with Crippen LogP contribution in [0.3, 0.4) is 0 Å². The van der Waals surface area contributed by atoms with E-state index in [1.165, 1.54) is 12.1 Å². The highest BCUT2D eigenvalue weighted by Gasteiger charge is 2.38. The van der Waals surface area contributed by atoms with Crippen molar-refractivity contribution in [2.45, 2.75) is 50.2 Å². The fourth-order valence-electron chi connectivity index (χ4n) is 3.24. The molecule has 2 rings (SSSR count). The van der Waals surface area contributed by atoms with E-state index in [-0.39, 0.29) is 30.5 Å². The molecule has 1 aromatic rings. The number of nitrogens with one attached hydrogen (secondary N) is 2. The minimum Gasteiger partial charge on any atom is -0.481 e. The molecule has 0 radical (unpaired) electrons. The zero-order valence-corrected chi connectivity index (χ0v) is 13.6. The van der Waals surface area contributed by atoms with Crippen molar-refractivity contribution in [3.63, 3.8) is 0 Å². The zero-order valence-electron chi connectivity index (χ0n) is 13.6. The molecule has 1 aromatic carbocycles. The van der Waals surface area contributed by atoms with E-state index in [1.54, 1.807) is 6.07 Å². The number of hydrogen-bond acceptors (Lipinski definition) is 2. The molecule has 2 atom stereocenters. The molecule has 3 N–H and O–H groups in total. The highest BCUT2D eigenvalue weighted by Crippen LogP contribution is 2.41. The largest absolute Gasteiger partial charge is 0.481 e. The fourth-order valence-corrected chi connectivity index (χ4v) is 3.24. The van der Waals surface area contributed by atoms with E-state index in [2.05, 4.69) is 10.6 Å². The standard InChI is InChI=1S/C17H21F3N2O3/c18-17(19,20)13-7-2-1-5-11(13)12-6-3-8-14(12)22-16(25)21-10-4-9-15(23)24/h1-2,5,7,12,14H,3-4,6,8-10H2,(H,23,24)(H2,21,22,25). The van der Waals surface area contributed by atoms with Crippen LogP contribution in [0.1, 0.15) is 49.1 Å². The van der Waals surface area contributed by atoms with E-state index in [4.69, 9.17) is 5.11 Å². The molecule has 1 fully saturated rings. The Morgan fingerprint density at radius 3 is 2.60 bits per heavy atom. The van der Waals surface area contributed by atoms with Crippen LogP contribution < -0.4 is 10.6 Å². The van der Waals surface area contributed by atoms with Gasteiger partial charge in [0.1, 0.15) is 0 Å². The lowest BCUT2D eigenvalue weighted by atomic mass is 9.90. The van der Waals surface area contributed by atoms with E-state index < -0.39 is 23.7 Å². The van der Waals surface area contributed by atoms with Crippen LogP contribution in [-0.4, -0.2) is 29.7 Å². The van der Waals surface area contributed by atoms with Gasteiger partial charge in [-0.25, -0.2) is 4.79 Å². The molecular weight excluding hydrogens is 337 g/mol. The smallest absolute Gasteiger partial charge is 0.416 e. The van der Waals surface area contributed by atoms with Crippen LogP contribution in [0.15, 0.2) is 24.3 Å². The Bertz CT molecular complexity index is 619. The second-order valence-electron chi connectivity index (χ2n) is 6.13. The first-order valence-electron chi connectivity index (χ1n) is 8.21. The number of carbonyl (C=O) groups is 2. The van der Waals surface area contributed by atoms with Gasteiger partial charge in [-0.1, -0.05) is 24.6 Å². The van der Waals surface area contributed by atoms with Gasteiger partial charge in [-0.15, -0.1) is 0 Å². The van der Waals surface area contributed by atoms with Crippen molar-refractivity contribution >= 4 is 12.0 Å².